The van der Waals surface area contributed by atoms with Crippen molar-refractivity contribution < 1.29 is 32.2 Å². The Balaban J connectivity index is 2.12. The normalized spacial score (nSPS) is 11.9. The Morgan fingerprint density at radius 3 is 2.15 bits per heavy atom. The first-order valence-corrected chi connectivity index (χ1v) is 17.0. The molecule has 0 saturated carbocycles. The van der Waals surface area contributed by atoms with Gasteiger partial charge < -0.3 is 24.4 Å². The average Bonchev–Trinajstić information content (AvgIpc) is 3.03. The number of methoxy groups -OCH3 is 2. The SMILES string of the molecule is CCOc1ccc(N(CC(=O)N(Cc2ccc(Cl)cc2Cl)[C@@H](CC)C(=O)NCC(C)C)S(=O)(=O)c2ccc(OC)c(OC)c2)cc1. The van der Waals surface area contributed by atoms with E-state index in [4.69, 9.17) is 37.4 Å². The highest BCUT2D eigenvalue weighted by Crippen LogP contribution is 2.33. The highest BCUT2D eigenvalue weighted by atomic mass is 35.5. The number of rotatable bonds is 16. The van der Waals surface area contributed by atoms with Crippen molar-refractivity contribution >= 4 is 50.7 Å². The Morgan fingerprint density at radius 1 is 0.913 bits per heavy atom. The number of nitrogens with zero attached hydrogens (tertiary/aromatic N) is 2. The van der Waals surface area contributed by atoms with E-state index in [1.165, 1.54) is 37.3 Å². The van der Waals surface area contributed by atoms with Gasteiger partial charge in [-0.15, -0.1) is 0 Å². The second-order valence-electron chi connectivity index (χ2n) is 10.8. The quantitative estimate of drug-likeness (QED) is 0.190. The summed E-state index contributed by atoms with van der Waals surface area (Å²) in [6, 6.07) is 14.5. The van der Waals surface area contributed by atoms with Crippen molar-refractivity contribution in [2.45, 2.75) is 51.6 Å². The van der Waals surface area contributed by atoms with Crippen molar-refractivity contribution in [3.05, 3.63) is 76.3 Å². The van der Waals surface area contributed by atoms with E-state index >= 15 is 0 Å². The van der Waals surface area contributed by atoms with E-state index in [9.17, 15) is 18.0 Å². The first kappa shape index (κ1) is 36.8. The van der Waals surface area contributed by atoms with Gasteiger partial charge in [-0.2, -0.15) is 0 Å². The van der Waals surface area contributed by atoms with Crippen LogP contribution in [0.3, 0.4) is 0 Å². The van der Waals surface area contributed by atoms with Gasteiger partial charge in [-0.1, -0.05) is 50.0 Å². The van der Waals surface area contributed by atoms with Gasteiger partial charge in [-0.3, -0.25) is 13.9 Å². The first-order valence-electron chi connectivity index (χ1n) is 14.8. The van der Waals surface area contributed by atoms with Crippen LogP contribution in [-0.2, 0) is 26.2 Å². The molecule has 0 heterocycles. The van der Waals surface area contributed by atoms with E-state index in [0.29, 0.717) is 40.3 Å². The molecule has 1 N–H and O–H groups in total. The Kier molecular flexibility index (Phi) is 13.4. The zero-order valence-electron chi connectivity index (χ0n) is 26.9. The lowest BCUT2D eigenvalue weighted by molar-refractivity contribution is -0.140. The highest BCUT2D eigenvalue weighted by molar-refractivity contribution is 7.92. The number of ether oxygens (including phenoxy) is 3. The smallest absolute Gasteiger partial charge is 0.264 e. The van der Waals surface area contributed by atoms with E-state index in [1.54, 1.807) is 49.4 Å². The predicted octanol–water partition coefficient (Wildman–Crippen LogP) is 6.18. The van der Waals surface area contributed by atoms with E-state index < -0.39 is 28.5 Å². The first-order chi connectivity index (χ1) is 21.9. The van der Waals surface area contributed by atoms with Crippen molar-refractivity contribution in [2.75, 3.05) is 38.2 Å². The molecule has 10 nitrogen and oxygen atoms in total. The summed E-state index contributed by atoms with van der Waals surface area (Å²) in [4.78, 5) is 29.0. The number of amides is 2. The van der Waals surface area contributed by atoms with Crippen LogP contribution in [-0.4, -0.2) is 65.1 Å². The molecule has 0 fully saturated rings. The van der Waals surface area contributed by atoms with Gasteiger partial charge in [-0.05, 0) is 73.4 Å². The molecule has 0 unspecified atom stereocenters. The van der Waals surface area contributed by atoms with Crippen LogP contribution in [0.25, 0.3) is 0 Å². The molecule has 0 saturated heterocycles. The molecule has 0 spiro atoms. The minimum absolute atomic E-state index is 0.0596. The molecule has 0 radical (unpaired) electrons. The molecular weight excluding hydrogens is 653 g/mol. The van der Waals surface area contributed by atoms with Crippen LogP contribution < -0.4 is 23.8 Å². The third-order valence-electron chi connectivity index (χ3n) is 7.08. The largest absolute Gasteiger partial charge is 0.494 e. The molecule has 3 aromatic carbocycles. The highest BCUT2D eigenvalue weighted by Gasteiger charge is 2.34. The van der Waals surface area contributed by atoms with Crippen molar-refractivity contribution in [3.8, 4) is 17.2 Å². The second-order valence-corrected chi connectivity index (χ2v) is 13.5. The lowest BCUT2D eigenvalue weighted by atomic mass is 10.1. The molecule has 250 valence electrons. The summed E-state index contributed by atoms with van der Waals surface area (Å²) >= 11 is 12.6. The molecule has 3 rings (SSSR count). The van der Waals surface area contributed by atoms with Gasteiger partial charge in [0.2, 0.25) is 11.8 Å². The number of sulfonamides is 1. The number of nitrogens with one attached hydrogen (secondary N) is 1. The maximum atomic E-state index is 14.3. The van der Waals surface area contributed by atoms with Crippen LogP contribution in [0.4, 0.5) is 5.69 Å². The van der Waals surface area contributed by atoms with Gasteiger partial charge in [-0.25, -0.2) is 8.42 Å². The van der Waals surface area contributed by atoms with Crippen LogP contribution in [0, 0.1) is 5.92 Å². The summed E-state index contributed by atoms with van der Waals surface area (Å²) in [6.07, 6.45) is 0.270. The predicted molar refractivity (Wildman–Crippen MR) is 181 cm³/mol. The molecule has 0 aromatic heterocycles. The molecule has 0 aliphatic rings. The Labute approximate surface area is 281 Å². The van der Waals surface area contributed by atoms with Crippen molar-refractivity contribution in [1.29, 1.82) is 0 Å². The van der Waals surface area contributed by atoms with Crippen molar-refractivity contribution in [3.63, 3.8) is 0 Å². The third kappa shape index (κ3) is 9.20. The van der Waals surface area contributed by atoms with Gasteiger partial charge >= 0.3 is 0 Å². The van der Waals surface area contributed by atoms with Crippen molar-refractivity contribution in [1.82, 2.24) is 10.2 Å². The molecule has 1 atom stereocenters. The van der Waals surface area contributed by atoms with E-state index in [2.05, 4.69) is 5.32 Å². The van der Waals surface area contributed by atoms with Gasteiger partial charge in [0, 0.05) is 29.2 Å². The minimum atomic E-state index is -4.36. The van der Waals surface area contributed by atoms with E-state index in [-0.39, 0.29) is 41.1 Å². The van der Waals surface area contributed by atoms with Gasteiger partial charge in [0.15, 0.2) is 11.5 Å². The van der Waals surface area contributed by atoms with E-state index in [1.807, 2.05) is 20.8 Å². The molecule has 3 aromatic rings. The molecule has 0 aliphatic carbocycles. The molecular formula is C33H41Cl2N3O7S. The summed E-state index contributed by atoms with van der Waals surface area (Å²) in [5, 5.41) is 3.62. The Bertz CT molecular complexity index is 1600. The Hall–Kier alpha value is -3.67. The number of carbonyl (C=O) groups excluding carboxylic acids is 2. The maximum Gasteiger partial charge on any atom is 0.264 e. The van der Waals surface area contributed by atoms with Crippen LogP contribution in [0.2, 0.25) is 10.0 Å². The fourth-order valence-corrected chi connectivity index (χ4v) is 6.58. The zero-order valence-corrected chi connectivity index (χ0v) is 29.2. The average molecular weight is 695 g/mol. The van der Waals surface area contributed by atoms with Gasteiger partial charge in [0.1, 0.15) is 18.3 Å². The zero-order chi connectivity index (χ0) is 34.0. The number of anilines is 1. The minimum Gasteiger partial charge on any atom is -0.494 e. The second kappa shape index (κ2) is 16.8. The lowest BCUT2D eigenvalue weighted by Gasteiger charge is -2.33. The fourth-order valence-electron chi connectivity index (χ4n) is 4.68. The fraction of sp³-hybridized carbons (Fsp3) is 0.394. The number of hydrogen-bond donors (Lipinski definition) is 1. The molecule has 2 amide bonds. The standard InChI is InChI=1S/C33H41Cl2N3O7S/c1-7-29(33(40)36-19-22(3)4)37(20-23-9-10-24(34)17-28(23)35)32(39)21-38(25-11-13-26(14-12-25)45-8-2)46(41,42)27-15-16-30(43-5)31(18-27)44-6/h9-18,22,29H,7-8,19-21H2,1-6H3,(H,36,40)/t29-/m0/s1. The lowest BCUT2D eigenvalue weighted by Crippen LogP contribution is -2.52. The maximum absolute atomic E-state index is 14.3. The van der Waals surface area contributed by atoms with Crippen LogP contribution in [0.1, 0.15) is 39.7 Å². The van der Waals surface area contributed by atoms with Crippen molar-refractivity contribution in [2.24, 2.45) is 5.92 Å². The third-order valence-corrected chi connectivity index (χ3v) is 9.44. The number of hydrogen-bond acceptors (Lipinski definition) is 7. The number of carbonyl (C=O) groups is 2. The van der Waals surface area contributed by atoms with E-state index in [0.717, 1.165) is 4.31 Å². The molecule has 13 heteroatoms. The molecule has 46 heavy (non-hydrogen) atoms. The van der Waals surface area contributed by atoms with Crippen LogP contribution in [0.5, 0.6) is 17.2 Å². The van der Waals surface area contributed by atoms with Crippen LogP contribution in [0.15, 0.2) is 65.6 Å². The summed E-state index contributed by atoms with van der Waals surface area (Å²) in [5.74, 6) is 0.286. The topological polar surface area (TPSA) is 114 Å². The Morgan fingerprint density at radius 2 is 1.59 bits per heavy atom. The summed E-state index contributed by atoms with van der Waals surface area (Å²) in [6.45, 7) is 7.70. The molecule has 0 bridgehead atoms. The summed E-state index contributed by atoms with van der Waals surface area (Å²) < 4.78 is 45.7. The van der Waals surface area contributed by atoms with Crippen LogP contribution >= 0.6 is 23.2 Å². The monoisotopic (exact) mass is 693 g/mol. The van der Waals surface area contributed by atoms with Gasteiger partial charge in [0.25, 0.3) is 10.0 Å². The summed E-state index contributed by atoms with van der Waals surface area (Å²) in [7, 11) is -1.52. The summed E-state index contributed by atoms with van der Waals surface area (Å²) in [5.41, 5.74) is 0.762. The molecule has 0 aliphatic heterocycles. The van der Waals surface area contributed by atoms with Gasteiger partial charge in [0.05, 0.1) is 31.4 Å². The number of halogens is 2. The number of benzene rings is 3.